The van der Waals surface area contributed by atoms with Crippen molar-refractivity contribution in [3.05, 3.63) is 0 Å². The molecule has 0 aliphatic rings. The molecule has 0 aliphatic heterocycles. The minimum atomic E-state index is -4.22. The summed E-state index contributed by atoms with van der Waals surface area (Å²) in [4.78, 5) is 0. The fourth-order valence-electron chi connectivity index (χ4n) is 1.63. The summed E-state index contributed by atoms with van der Waals surface area (Å²) in [6.45, 7) is 3.52. The Hall–Kier alpha value is -0.260. The quantitative estimate of drug-likeness (QED) is 0.385. The smallest absolute Gasteiger partial charge is 0.191 e. The molecule has 0 rings (SSSR count). The van der Waals surface area contributed by atoms with Crippen LogP contribution in [0.1, 0.15) is 20.8 Å². The lowest BCUT2D eigenvalue weighted by Crippen LogP contribution is -2.53. The van der Waals surface area contributed by atoms with Crippen LogP contribution in [0.25, 0.3) is 0 Å². The van der Waals surface area contributed by atoms with Crippen LogP contribution in [0.5, 0.6) is 0 Å². The van der Waals surface area contributed by atoms with Crippen LogP contribution >= 0.6 is 0 Å². The maximum atomic E-state index is 11.8. The van der Waals surface area contributed by atoms with Gasteiger partial charge in [0.05, 0.1) is 6.10 Å². The van der Waals surface area contributed by atoms with E-state index in [-0.39, 0.29) is 0 Å². The van der Waals surface area contributed by atoms with Crippen LogP contribution in [0.2, 0.25) is 0 Å². The molecule has 0 saturated heterocycles. The molecule has 4 atom stereocenters. The van der Waals surface area contributed by atoms with E-state index in [1.807, 2.05) is 0 Å². The molecule has 0 saturated carbocycles. The second-order valence-corrected chi connectivity index (χ2v) is 9.60. The fourth-order valence-corrected chi connectivity index (χ4v) is 6.06. The van der Waals surface area contributed by atoms with Crippen LogP contribution in [-0.2, 0) is 19.7 Å². The highest BCUT2D eigenvalue weighted by Gasteiger charge is 2.46. The number of sulfone groups is 2. The number of aliphatic hydroxyl groups is 4. The van der Waals surface area contributed by atoms with Crippen molar-refractivity contribution in [2.45, 2.75) is 49.8 Å². The van der Waals surface area contributed by atoms with Crippen molar-refractivity contribution >= 4 is 19.7 Å². The molecule has 0 heterocycles. The van der Waals surface area contributed by atoms with Crippen molar-refractivity contribution in [2.75, 3.05) is 11.5 Å². The molecule has 4 N–H and O–H groups in total. The Morgan fingerprint density at radius 1 is 0.750 bits per heavy atom. The molecule has 0 aromatic heterocycles. The number of hydrogen-bond donors (Lipinski definition) is 4. The van der Waals surface area contributed by atoms with E-state index in [1.165, 1.54) is 13.8 Å². The summed E-state index contributed by atoms with van der Waals surface area (Å²) in [6.07, 6.45) is -7.70. The Morgan fingerprint density at radius 2 is 1.10 bits per heavy atom. The van der Waals surface area contributed by atoms with Gasteiger partial charge in [0.1, 0.15) is 18.3 Å². The standard InChI is InChI=1S/C10H22O8S2/c1-4-19(15,16)10(20(17,18)5-2)9(14)8(13)7(12)6(3)11/h6-14H,4-5H2,1-3H3/t6-,7-,8+,9-/m1/s1. The van der Waals surface area contributed by atoms with E-state index in [0.29, 0.717) is 0 Å². The molecule has 8 nitrogen and oxygen atoms in total. The number of rotatable bonds is 8. The third kappa shape index (κ3) is 4.37. The molecular formula is C10H22O8S2. The van der Waals surface area contributed by atoms with E-state index in [2.05, 4.69) is 0 Å². The first-order valence-electron chi connectivity index (χ1n) is 6.07. The van der Waals surface area contributed by atoms with Gasteiger partial charge in [0.25, 0.3) is 0 Å². The average Bonchev–Trinajstić information content (AvgIpc) is 2.36. The third-order valence-corrected chi connectivity index (χ3v) is 8.33. The van der Waals surface area contributed by atoms with E-state index in [9.17, 15) is 32.2 Å². The van der Waals surface area contributed by atoms with Crippen molar-refractivity contribution in [3.63, 3.8) is 0 Å². The van der Waals surface area contributed by atoms with Crippen molar-refractivity contribution in [1.82, 2.24) is 0 Å². The molecule has 0 aromatic rings. The van der Waals surface area contributed by atoms with Crippen molar-refractivity contribution in [1.29, 1.82) is 0 Å². The summed E-state index contributed by atoms with van der Waals surface area (Å²) >= 11 is 0. The molecule has 0 spiro atoms. The SMILES string of the molecule is CCS(=O)(=O)C([C@H](O)[C@@H](O)[C@H](O)[C@@H](C)O)S(=O)(=O)CC. The first-order chi connectivity index (χ1) is 8.92. The Balaban J connectivity index is 5.70. The lowest BCUT2D eigenvalue weighted by molar-refractivity contribution is -0.0960. The van der Waals surface area contributed by atoms with Crippen LogP contribution in [0.3, 0.4) is 0 Å². The van der Waals surface area contributed by atoms with E-state index >= 15 is 0 Å². The zero-order valence-electron chi connectivity index (χ0n) is 11.5. The van der Waals surface area contributed by atoms with E-state index < -0.39 is 60.2 Å². The molecule has 122 valence electrons. The van der Waals surface area contributed by atoms with Gasteiger partial charge >= 0.3 is 0 Å². The molecule has 0 aliphatic carbocycles. The third-order valence-electron chi connectivity index (χ3n) is 2.99. The van der Waals surface area contributed by atoms with Crippen LogP contribution in [-0.4, -0.2) is 77.8 Å². The molecular weight excluding hydrogens is 312 g/mol. The summed E-state index contributed by atoms with van der Waals surface area (Å²) in [5.41, 5.74) is 0. The second kappa shape index (κ2) is 7.14. The van der Waals surface area contributed by atoms with Gasteiger partial charge in [-0.1, -0.05) is 13.8 Å². The van der Waals surface area contributed by atoms with Gasteiger partial charge in [0, 0.05) is 11.5 Å². The minimum Gasteiger partial charge on any atom is -0.391 e. The van der Waals surface area contributed by atoms with Gasteiger partial charge in [-0.3, -0.25) is 0 Å². The maximum absolute atomic E-state index is 11.8. The fraction of sp³-hybridized carbons (Fsp3) is 1.00. The van der Waals surface area contributed by atoms with E-state index in [4.69, 9.17) is 5.11 Å². The molecule has 10 heteroatoms. The van der Waals surface area contributed by atoms with Gasteiger partial charge in [0.2, 0.25) is 0 Å². The summed E-state index contributed by atoms with van der Waals surface area (Å²) in [5.74, 6) is -1.10. The van der Waals surface area contributed by atoms with Crippen molar-refractivity contribution < 1.29 is 37.3 Å². The average molecular weight is 334 g/mol. The Bertz CT molecular complexity index is 461. The monoisotopic (exact) mass is 334 g/mol. The highest BCUT2D eigenvalue weighted by molar-refractivity contribution is 8.09. The summed E-state index contributed by atoms with van der Waals surface area (Å²) in [7, 11) is -8.45. The topological polar surface area (TPSA) is 149 Å². The van der Waals surface area contributed by atoms with E-state index in [0.717, 1.165) is 6.92 Å². The molecule has 0 aromatic carbocycles. The predicted molar refractivity (Wildman–Crippen MR) is 72.4 cm³/mol. The lowest BCUT2D eigenvalue weighted by atomic mass is 10.1. The van der Waals surface area contributed by atoms with Crippen molar-refractivity contribution in [2.24, 2.45) is 0 Å². The van der Waals surface area contributed by atoms with Gasteiger partial charge in [-0.25, -0.2) is 16.8 Å². The largest absolute Gasteiger partial charge is 0.391 e. The lowest BCUT2D eigenvalue weighted by Gasteiger charge is -2.29. The normalized spacial score (nSPS) is 19.6. The summed E-state index contributed by atoms with van der Waals surface area (Å²) in [5, 5.41) is 38.1. The maximum Gasteiger partial charge on any atom is 0.191 e. The van der Waals surface area contributed by atoms with E-state index in [1.54, 1.807) is 0 Å². The molecule has 0 bridgehead atoms. The molecule has 0 unspecified atom stereocenters. The van der Waals surface area contributed by atoms with Gasteiger partial charge in [-0.2, -0.15) is 0 Å². The van der Waals surface area contributed by atoms with Gasteiger partial charge in [-0.05, 0) is 6.92 Å². The Morgan fingerprint density at radius 3 is 1.35 bits per heavy atom. The molecule has 0 amide bonds. The summed E-state index contributed by atoms with van der Waals surface area (Å²) < 4.78 is 45.2. The van der Waals surface area contributed by atoms with Gasteiger partial charge in [0.15, 0.2) is 24.3 Å². The zero-order valence-corrected chi connectivity index (χ0v) is 13.2. The van der Waals surface area contributed by atoms with Crippen LogP contribution in [0.15, 0.2) is 0 Å². The molecule has 0 radical (unpaired) electrons. The van der Waals surface area contributed by atoms with Gasteiger partial charge < -0.3 is 20.4 Å². The van der Waals surface area contributed by atoms with Crippen LogP contribution in [0, 0.1) is 0 Å². The molecule has 0 fully saturated rings. The first kappa shape index (κ1) is 19.7. The van der Waals surface area contributed by atoms with Crippen LogP contribution in [0.4, 0.5) is 0 Å². The number of aliphatic hydroxyl groups excluding tert-OH is 4. The minimum absolute atomic E-state index is 0.550. The highest BCUT2D eigenvalue weighted by Crippen LogP contribution is 2.21. The first-order valence-corrected chi connectivity index (χ1v) is 9.50. The second-order valence-electron chi connectivity index (χ2n) is 4.48. The Labute approximate surface area is 118 Å². The predicted octanol–water partition coefficient (Wildman–Crippen LogP) is -2.35. The van der Waals surface area contributed by atoms with Crippen LogP contribution < -0.4 is 0 Å². The zero-order chi connectivity index (χ0) is 16.3. The van der Waals surface area contributed by atoms with Gasteiger partial charge in [-0.15, -0.1) is 0 Å². The highest BCUT2D eigenvalue weighted by atomic mass is 32.3. The Kier molecular flexibility index (Phi) is 7.05. The summed E-state index contributed by atoms with van der Waals surface area (Å²) in [6, 6.07) is 0. The molecule has 20 heavy (non-hydrogen) atoms. The van der Waals surface area contributed by atoms with Crippen molar-refractivity contribution in [3.8, 4) is 0 Å². The number of hydrogen-bond acceptors (Lipinski definition) is 8.